The Balaban J connectivity index is 1.87. The van der Waals surface area contributed by atoms with Crippen LogP contribution < -0.4 is 5.32 Å². The van der Waals surface area contributed by atoms with Crippen LogP contribution in [0, 0.1) is 5.92 Å². The van der Waals surface area contributed by atoms with E-state index in [1.54, 1.807) is 0 Å². The van der Waals surface area contributed by atoms with Gasteiger partial charge in [0, 0.05) is 32.4 Å². The normalized spacial score (nSPS) is 23.9. The first-order valence-corrected chi connectivity index (χ1v) is 7.20. The maximum atomic E-state index is 12.1. The Hall–Kier alpha value is -2.06. The van der Waals surface area contributed by atoms with E-state index in [0.717, 1.165) is 24.5 Å². The average molecular weight is 308 g/mol. The number of rotatable bonds is 6. The maximum Gasteiger partial charge on any atom is 0.331 e. The fourth-order valence-electron chi connectivity index (χ4n) is 2.27. The van der Waals surface area contributed by atoms with Gasteiger partial charge in [0.25, 0.3) is 0 Å². The first kappa shape index (κ1) is 16.3. The van der Waals surface area contributed by atoms with Crippen LogP contribution in [0.25, 0.3) is 0 Å². The van der Waals surface area contributed by atoms with Crippen molar-refractivity contribution in [2.45, 2.75) is 0 Å². The molecule has 2 saturated heterocycles. The molecule has 8 nitrogen and oxygen atoms in total. The number of barbiturate groups is 1. The Bertz CT molecular complexity index is 485. The summed E-state index contributed by atoms with van der Waals surface area (Å²) in [5.41, 5.74) is 0. The summed E-state index contributed by atoms with van der Waals surface area (Å²) in [6.45, 7) is 7.94. The van der Waals surface area contributed by atoms with Gasteiger partial charge in [-0.15, -0.1) is 6.58 Å². The Labute approximate surface area is 128 Å². The topological polar surface area (TPSA) is 91.3 Å². The van der Waals surface area contributed by atoms with Gasteiger partial charge in [0.15, 0.2) is 5.92 Å². The molecule has 8 heteroatoms. The Morgan fingerprint density at radius 3 is 2.73 bits per heavy atom. The lowest BCUT2D eigenvalue weighted by atomic mass is 10.1. The zero-order chi connectivity index (χ0) is 15.9. The van der Waals surface area contributed by atoms with Crippen molar-refractivity contribution >= 4 is 24.1 Å². The van der Waals surface area contributed by atoms with Crippen LogP contribution in [0.5, 0.6) is 0 Å². The number of hydrogen-bond acceptors (Lipinski definition) is 6. The van der Waals surface area contributed by atoms with Gasteiger partial charge in [-0.3, -0.25) is 29.7 Å². The molecular weight excluding hydrogens is 288 g/mol. The lowest BCUT2D eigenvalue weighted by Crippen LogP contribution is -2.58. The molecule has 4 amide bonds. The fraction of sp³-hybridized carbons (Fsp3) is 0.571. The highest BCUT2D eigenvalue weighted by atomic mass is 16.5. The Morgan fingerprint density at radius 2 is 2.05 bits per heavy atom. The number of carbonyl (C=O) groups is 3. The predicted molar refractivity (Wildman–Crippen MR) is 79.6 cm³/mol. The lowest BCUT2D eigenvalue weighted by Gasteiger charge is -2.27. The maximum absolute atomic E-state index is 12.1. The molecule has 2 fully saturated rings. The second-order valence-corrected chi connectivity index (χ2v) is 5.02. The molecule has 1 N–H and O–H groups in total. The van der Waals surface area contributed by atoms with Gasteiger partial charge < -0.3 is 4.74 Å². The van der Waals surface area contributed by atoms with Gasteiger partial charge in [-0.25, -0.2) is 4.79 Å². The summed E-state index contributed by atoms with van der Waals surface area (Å²) in [5, 5.41) is 2.15. The summed E-state index contributed by atoms with van der Waals surface area (Å²) in [7, 11) is 0. The van der Waals surface area contributed by atoms with Crippen LogP contribution >= 0.6 is 0 Å². The Morgan fingerprint density at radius 1 is 1.32 bits per heavy atom. The molecule has 0 radical (unpaired) electrons. The van der Waals surface area contributed by atoms with Gasteiger partial charge in [-0.1, -0.05) is 6.08 Å². The van der Waals surface area contributed by atoms with E-state index in [2.05, 4.69) is 21.8 Å². The summed E-state index contributed by atoms with van der Waals surface area (Å²) in [5.74, 6) is -2.25. The van der Waals surface area contributed by atoms with Crippen molar-refractivity contribution in [3.63, 3.8) is 0 Å². The molecular formula is C14H20N4O4. The number of carbonyl (C=O) groups excluding carboxylic acids is 3. The summed E-state index contributed by atoms with van der Waals surface area (Å²) in [4.78, 5) is 42.7. The fourth-order valence-corrected chi connectivity index (χ4v) is 2.27. The SMILES string of the molecule is C=CCN1C(=O)NC(=O)[C@H](C=NCCN2CCOCC2)C1=O. The number of nitrogens with one attached hydrogen (secondary N) is 1. The van der Waals surface area contributed by atoms with Crippen LogP contribution in [0.3, 0.4) is 0 Å². The third-order valence-electron chi connectivity index (χ3n) is 3.51. The number of imide groups is 2. The third kappa shape index (κ3) is 3.99. The number of ether oxygens (including phenoxy) is 1. The number of urea groups is 1. The van der Waals surface area contributed by atoms with Crippen LogP contribution in [0.4, 0.5) is 4.79 Å². The van der Waals surface area contributed by atoms with E-state index in [1.807, 2.05) is 0 Å². The summed E-state index contributed by atoms with van der Waals surface area (Å²) in [6.07, 6.45) is 2.75. The molecule has 2 heterocycles. The zero-order valence-corrected chi connectivity index (χ0v) is 12.4. The molecule has 0 aromatic rings. The number of hydrogen-bond donors (Lipinski definition) is 1. The summed E-state index contributed by atoms with van der Waals surface area (Å²) < 4.78 is 5.25. The van der Waals surface area contributed by atoms with E-state index in [-0.39, 0.29) is 6.54 Å². The highest BCUT2D eigenvalue weighted by molar-refractivity contribution is 6.23. The molecule has 0 aliphatic carbocycles. The second-order valence-electron chi connectivity index (χ2n) is 5.02. The largest absolute Gasteiger partial charge is 0.379 e. The summed E-state index contributed by atoms with van der Waals surface area (Å²) >= 11 is 0. The van der Waals surface area contributed by atoms with Crippen molar-refractivity contribution in [1.29, 1.82) is 0 Å². The van der Waals surface area contributed by atoms with Crippen LogP contribution in [0.2, 0.25) is 0 Å². The van der Waals surface area contributed by atoms with E-state index in [9.17, 15) is 14.4 Å². The van der Waals surface area contributed by atoms with Gasteiger partial charge in [0.05, 0.1) is 19.8 Å². The minimum Gasteiger partial charge on any atom is -0.379 e. The number of amides is 4. The van der Waals surface area contributed by atoms with Gasteiger partial charge in [-0.05, 0) is 0 Å². The quantitative estimate of drug-likeness (QED) is 0.397. The van der Waals surface area contributed by atoms with Crippen LogP contribution in [0.1, 0.15) is 0 Å². The van der Waals surface area contributed by atoms with E-state index in [4.69, 9.17) is 4.74 Å². The second kappa shape index (κ2) is 7.81. The van der Waals surface area contributed by atoms with E-state index in [1.165, 1.54) is 12.3 Å². The Kier molecular flexibility index (Phi) is 5.79. The van der Waals surface area contributed by atoms with Crippen molar-refractivity contribution in [3.05, 3.63) is 12.7 Å². The van der Waals surface area contributed by atoms with Gasteiger partial charge in [0.1, 0.15) is 0 Å². The van der Waals surface area contributed by atoms with E-state index >= 15 is 0 Å². The molecule has 2 rings (SSSR count). The third-order valence-corrected chi connectivity index (χ3v) is 3.51. The van der Waals surface area contributed by atoms with Crippen molar-refractivity contribution < 1.29 is 19.1 Å². The number of aliphatic imine (C=N–C) groups is 1. The standard InChI is InChI=1S/C14H20N4O4/c1-2-4-18-13(20)11(12(19)16-14(18)21)10-15-3-5-17-6-8-22-9-7-17/h2,10-11H,1,3-9H2,(H,16,19,21)/t11-/m0/s1. The molecule has 0 bridgehead atoms. The molecule has 0 aromatic heterocycles. The van der Waals surface area contributed by atoms with Crippen molar-refractivity contribution in [3.8, 4) is 0 Å². The van der Waals surface area contributed by atoms with Crippen molar-refractivity contribution in [2.24, 2.45) is 10.9 Å². The predicted octanol–water partition coefficient (Wildman–Crippen LogP) is -0.730. The highest BCUT2D eigenvalue weighted by Gasteiger charge is 2.38. The van der Waals surface area contributed by atoms with Gasteiger partial charge in [0.2, 0.25) is 11.8 Å². The minimum absolute atomic E-state index is 0.0655. The number of nitrogens with zero attached hydrogens (tertiary/aromatic N) is 3. The first-order chi connectivity index (χ1) is 10.6. The molecule has 120 valence electrons. The van der Waals surface area contributed by atoms with Crippen LogP contribution in [-0.2, 0) is 14.3 Å². The molecule has 2 aliphatic heterocycles. The average Bonchev–Trinajstić information content (AvgIpc) is 2.51. The minimum atomic E-state index is -1.05. The molecule has 0 aromatic carbocycles. The highest BCUT2D eigenvalue weighted by Crippen LogP contribution is 2.09. The van der Waals surface area contributed by atoms with Crippen LogP contribution in [0.15, 0.2) is 17.6 Å². The molecule has 1 atom stereocenters. The molecule has 2 aliphatic rings. The van der Waals surface area contributed by atoms with E-state index < -0.39 is 23.8 Å². The van der Waals surface area contributed by atoms with Gasteiger partial charge >= 0.3 is 6.03 Å². The first-order valence-electron chi connectivity index (χ1n) is 7.20. The van der Waals surface area contributed by atoms with Crippen LogP contribution in [-0.4, -0.2) is 79.8 Å². The number of morpholine rings is 1. The molecule has 0 saturated carbocycles. The van der Waals surface area contributed by atoms with E-state index in [0.29, 0.717) is 19.8 Å². The van der Waals surface area contributed by atoms with Crippen molar-refractivity contribution in [2.75, 3.05) is 45.9 Å². The zero-order valence-electron chi connectivity index (χ0n) is 12.4. The molecule has 0 unspecified atom stereocenters. The summed E-state index contributed by atoms with van der Waals surface area (Å²) in [6, 6.07) is -0.715. The molecule has 22 heavy (non-hydrogen) atoms. The van der Waals surface area contributed by atoms with Gasteiger partial charge in [-0.2, -0.15) is 0 Å². The monoisotopic (exact) mass is 308 g/mol. The van der Waals surface area contributed by atoms with Crippen molar-refractivity contribution in [1.82, 2.24) is 15.1 Å². The molecule has 0 spiro atoms. The lowest BCUT2D eigenvalue weighted by molar-refractivity contribution is -0.138. The smallest absolute Gasteiger partial charge is 0.331 e.